The lowest BCUT2D eigenvalue weighted by Crippen LogP contribution is -2.04. The fraction of sp³-hybridized carbons (Fsp3) is 0.100. The van der Waals surface area contributed by atoms with E-state index in [2.05, 4.69) is 10.6 Å². The Morgan fingerprint density at radius 1 is 0.808 bits per heavy atom. The topological polar surface area (TPSA) is 37.2 Å². The van der Waals surface area contributed by atoms with E-state index in [9.17, 15) is 13.2 Å². The monoisotopic (exact) mass is 356 g/mol. The minimum absolute atomic E-state index is 0.0338. The lowest BCUT2D eigenvalue weighted by molar-refractivity contribution is 0.442. The van der Waals surface area contributed by atoms with E-state index in [1.165, 1.54) is 6.07 Å². The quantitative estimate of drug-likeness (QED) is 0.464. The van der Waals surface area contributed by atoms with Crippen LogP contribution in [0.1, 0.15) is 5.56 Å². The van der Waals surface area contributed by atoms with Gasteiger partial charge in [0, 0.05) is 41.3 Å². The van der Waals surface area contributed by atoms with Gasteiger partial charge in [0.15, 0.2) is 17.5 Å². The lowest BCUT2D eigenvalue weighted by atomic mass is 10.1. The van der Waals surface area contributed by atoms with E-state index >= 15 is 0 Å². The van der Waals surface area contributed by atoms with Gasteiger partial charge in [0.05, 0.1) is 0 Å². The van der Waals surface area contributed by atoms with Gasteiger partial charge in [-0.3, -0.25) is 0 Å². The third kappa shape index (κ3) is 2.73. The molecule has 0 spiro atoms. The number of hydrogen-bond donors (Lipinski definition) is 2. The third-order valence-corrected chi connectivity index (χ3v) is 4.36. The molecule has 0 aliphatic heterocycles. The molecule has 0 unspecified atom stereocenters. The molecule has 2 N–H and O–H groups in total. The van der Waals surface area contributed by atoms with Crippen LogP contribution in [0.4, 0.5) is 24.5 Å². The van der Waals surface area contributed by atoms with E-state index in [1.807, 2.05) is 37.4 Å². The molecule has 0 saturated heterocycles. The molecule has 0 saturated carbocycles. The standard InChI is InChI=1S/C20H15F3N2O/c1-24-12-3-6-17-14(8-12)15-9-13(4-7-18(15)26-17)25-10-11-2-5-16(21)20(23)19(11)22/h2-9,24-25H,10H2,1H3. The molecular formula is C20H15F3N2O. The average Bonchev–Trinajstić information content (AvgIpc) is 3.02. The normalized spacial score (nSPS) is 11.2. The van der Waals surface area contributed by atoms with Gasteiger partial charge in [0.25, 0.3) is 0 Å². The van der Waals surface area contributed by atoms with Crippen molar-refractivity contribution >= 4 is 33.3 Å². The Kier molecular flexibility index (Phi) is 3.95. The van der Waals surface area contributed by atoms with Crippen molar-refractivity contribution in [3.8, 4) is 0 Å². The predicted molar refractivity (Wildman–Crippen MR) is 96.9 cm³/mol. The van der Waals surface area contributed by atoms with Gasteiger partial charge in [0.1, 0.15) is 11.2 Å². The molecule has 0 amide bonds. The van der Waals surface area contributed by atoms with Gasteiger partial charge >= 0.3 is 0 Å². The molecule has 132 valence electrons. The van der Waals surface area contributed by atoms with Gasteiger partial charge in [-0.2, -0.15) is 0 Å². The molecule has 4 rings (SSSR count). The molecule has 1 aromatic heterocycles. The lowest BCUT2D eigenvalue weighted by Gasteiger charge is -2.08. The van der Waals surface area contributed by atoms with Gasteiger partial charge in [-0.05, 0) is 42.5 Å². The highest BCUT2D eigenvalue weighted by Crippen LogP contribution is 2.32. The summed E-state index contributed by atoms with van der Waals surface area (Å²) in [7, 11) is 1.84. The number of furan rings is 1. The van der Waals surface area contributed by atoms with Crippen molar-refractivity contribution in [3.05, 3.63) is 71.5 Å². The summed E-state index contributed by atoms with van der Waals surface area (Å²) in [6.07, 6.45) is 0. The summed E-state index contributed by atoms with van der Waals surface area (Å²) in [5, 5.41) is 7.99. The van der Waals surface area contributed by atoms with Gasteiger partial charge < -0.3 is 15.1 Å². The Morgan fingerprint density at radius 2 is 1.46 bits per heavy atom. The second-order valence-electron chi connectivity index (χ2n) is 5.96. The van der Waals surface area contributed by atoms with Crippen molar-refractivity contribution in [3.63, 3.8) is 0 Å². The molecule has 1 heterocycles. The summed E-state index contributed by atoms with van der Waals surface area (Å²) >= 11 is 0. The van der Waals surface area contributed by atoms with E-state index < -0.39 is 17.5 Å². The first kappa shape index (κ1) is 16.3. The third-order valence-electron chi connectivity index (χ3n) is 4.36. The van der Waals surface area contributed by atoms with E-state index in [-0.39, 0.29) is 12.1 Å². The largest absolute Gasteiger partial charge is 0.456 e. The number of benzene rings is 3. The Balaban J connectivity index is 1.67. The van der Waals surface area contributed by atoms with Crippen LogP contribution >= 0.6 is 0 Å². The van der Waals surface area contributed by atoms with Crippen LogP contribution in [0.3, 0.4) is 0 Å². The second-order valence-corrected chi connectivity index (χ2v) is 5.96. The van der Waals surface area contributed by atoms with Crippen molar-refractivity contribution < 1.29 is 17.6 Å². The van der Waals surface area contributed by atoms with E-state index in [0.717, 1.165) is 39.4 Å². The van der Waals surface area contributed by atoms with E-state index in [4.69, 9.17) is 4.42 Å². The van der Waals surface area contributed by atoms with Gasteiger partial charge in [-0.1, -0.05) is 6.07 Å². The van der Waals surface area contributed by atoms with Crippen LogP contribution in [0.2, 0.25) is 0 Å². The van der Waals surface area contributed by atoms with Crippen molar-refractivity contribution in [2.24, 2.45) is 0 Å². The van der Waals surface area contributed by atoms with Crippen molar-refractivity contribution in [2.45, 2.75) is 6.54 Å². The molecular weight excluding hydrogens is 341 g/mol. The number of rotatable bonds is 4. The van der Waals surface area contributed by atoms with Crippen molar-refractivity contribution in [1.82, 2.24) is 0 Å². The summed E-state index contributed by atoms with van der Waals surface area (Å²) in [5.74, 6) is -3.83. The highest BCUT2D eigenvalue weighted by molar-refractivity contribution is 6.07. The van der Waals surface area contributed by atoms with Crippen LogP contribution in [0.5, 0.6) is 0 Å². The maximum atomic E-state index is 13.8. The van der Waals surface area contributed by atoms with Gasteiger partial charge in [-0.25, -0.2) is 13.2 Å². The molecule has 0 bridgehead atoms. The summed E-state index contributed by atoms with van der Waals surface area (Å²) < 4.78 is 45.9. The first-order valence-corrected chi connectivity index (χ1v) is 8.07. The second kappa shape index (κ2) is 6.29. The number of halogens is 3. The number of nitrogens with one attached hydrogen (secondary N) is 2. The Labute approximate surface area is 147 Å². The zero-order valence-corrected chi connectivity index (χ0v) is 13.9. The number of hydrogen-bond acceptors (Lipinski definition) is 3. The molecule has 6 heteroatoms. The molecule has 3 aromatic carbocycles. The van der Waals surface area contributed by atoms with Crippen LogP contribution in [0.15, 0.2) is 52.9 Å². The highest BCUT2D eigenvalue weighted by atomic mass is 19.2. The molecule has 3 nitrogen and oxygen atoms in total. The fourth-order valence-corrected chi connectivity index (χ4v) is 2.94. The number of fused-ring (bicyclic) bond motifs is 3. The summed E-state index contributed by atoms with van der Waals surface area (Å²) in [5.41, 5.74) is 3.24. The summed E-state index contributed by atoms with van der Waals surface area (Å²) in [6, 6.07) is 13.5. The van der Waals surface area contributed by atoms with Crippen LogP contribution < -0.4 is 10.6 Å². The Bertz CT molecular complexity index is 1120. The van der Waals surface area contributed by atoms with Crippen LogP contribution in [0.25, 0.3) is 21.9 Å². The molecule has 0 aliphatic carbocycles. The van der Waals surface area contributed by atoms with Crippen LogP contribution in [-0.2, 0) is 6.54 Å². The summed E-state index contributed by atoms with van der Waals surface area (Å²) in [6.45, 7) is 0.0338. The Morgan fingerprint density at radius 3 is 2.15 bits per heavy atom. The Hall–Kier alpha value is -3.15. The number of anilines is 2. The zero-order valence-electron chi connectivity index (χ0n) is 13.9. The van der Waals surface area contributed by atoms with Crippen molar-refractivity contribution in [2.75, 3.05) is 17.7 Å². The molecule has 26 heavy (non-hydrogen) atoms. The summed E-state index contributed by atoms with van der Waals surface area (Å²) in [4.78, 5) is 0. The SMILES string of the molecule is CNc1ccc2oc3ccc(NCc4ccc(F)c(F)c4F)cc3c2c1. The van der Waals surface area contributed by atoms with E-state index in [0.29, 0.717) is 0 Å². The van der Waals surface area contributed by atoms with Crippen molar-refractivity contribution in [1.29, 1.82) is 0 Å². The van der Waals surface area contributed by atoms with Gasteiger partial charge in [0.2, 0.25) is 0 Å². The smallest absolute Gasteiger partial charge is 0.194 e. The molecule has 0 aliphatic rings. The zero-order chi connectivity index (χ0) is 18.3. The molecule has 4 aromatic rings. The highest BCUT2D eigenvalue weighted by Gasteiger charge is 2.13. The maximum Gasteiger partial charge on any atom is 0.194 e. The minimum atomic E-state index is -1.46. The van der Waals surface area contributed by atoms with Gasteiger partial charge in [-0.15, -0.1) is 0 Å². The molecule has 0 atom stereocenters. The van der Waals surface area contributed by atoms with Crippen LogP contribution in [-0.4, -0.2) is 7.05 Å². The first-order valence-electron chi connectivity index (χ1n) is 8.07. The maximum absolute atomic E-state index is 13.8. The molecule has 0 fully saturated rings. The first-order chi connectivity index (χ1) is 12.6. The minimum Gasteiger partial charge on any atom is -0.456 e. The van der Waals surface area contributed by atoms with Crippen LogP contribution in [0, 0.1) is 17.5 Å². The van der Waals surface area contributed by atoms with E-state index in [1.54, 1.807) is 6.07 Å². The average molecular weight is 356 g/mol. The fourth-order valence-electron chi connectivity index (χ4n) is 2.94. The molecule has 0 radical (unpaired) electrons. The predicted octanol–water partition coefficient (Wildman–Crippen LogP) is 5.66.